The van der Waals surface area contributed by atoms with Crippen LogP contribution in [0.15, 0.2) is 17.1 Å². The maximum absolute atomic E-state index is 6.20. The van der Waals surface area contributed by atoms with E-state index in [1.54, 1.807) is 6.07 Å². The number of nitrogens with zero attached hydrogens (tertiary/aromatic N) is 2. The minimum Gasteiger partial charge on any atom is -0.483 e. The van der Waals surface area contributed by atoms with Gasteiger partial charge in [-0.05, 0) is 26.0 Å². The zero-order chi connectivity index (χ0) is 13.6. The zero-order valence-electron chi connectivity index (χ0n) is 11.5. The van der Waals surface area contributed by atoms with E-state index >= 15 is 0 Å². The predicted octanol–water partition coefficient (Wildman–Crippen LogP) is 3.74. The summed E-state index contributed by atoms with van der Waals surface area (Å²) in [7, 11) is 0. The predicted molar refractivity (Wildman–Crippen MR) is 74.8 cm³/mol. The molecule has 4 heteroatoms. The molecule has 0 radical (unpaired) electrons. The number of pyridine rings is 1. The number of halogens is 1. The molecule has 0 aromatic carbocycles. The van der Waals surface area contributed by atoms with Gasteiger partial charge in [0.2, 0.25) is 0 Å². The van der Waals surface area contributed by atoms with Crippen LogP contribution in [0.3, 0.4) is 0 Å². The average molecular weight is 267 g/mol. The third kappa shape index (κ3) is 2.24. The Morgan fingerprint density at radius 1 is 1.33 bits per heavy atom. The SMILES string of the molecule is CC1=NC[C@@](C)(C(C)(C)C)Oc2ccc(Cl)nc21. The van der Waals surface area contributed by atoms with Crippen molar-refractivity contribution in [2.24, 2.45) is 10.4 Å². The second-order valence-electron chi connectivity index (χ2n) is 5.97. The zero-order valence-corrected chi connectivity index (χ0v) is 12.3. The van der Waals surface area contributed by atoms with Crippen LogP contribution in [0.5, 0.6) is 5.75 Å². The van der Waals surface area contributed by atoms with E-state index in [9.17, 15) is 0 Å². The van der Waals surface area contributed by atoms with Crippen molar-refractivity contribution in [3.05, 3.63) is 23.0 Å². The Labute approximate surface area is 113 Å². The number of aromatic nitrogens is 1. The quantitative estimate of drug-likeness (QED) is 0.671. The number of fused-ring (bicyclic) bond motifs is 1. The molecule has 0 spiro atoms. The Morgan fingerprint density at radius 2 is 2.00 bits per heavy atom. The molecule has 0 unspecified atom stereocenters. The Balaban J connectivity index is 2.53. The van der Waals surface area contributed by atoms with Crippen molar-refractivity contribution < 1.29 is 4.74 Å². The summed E-state index contributed by atoms with van der Waals surface area (Å²) in [6.07, 6.45) is 0. The van der Waals surface area contributed by atoms with Gasteiger partial charge >= 0.3 is 0 Å². The molecule has 18 heavy (non-hydrogen) atoms. The molecule has 2 heterocycles. The standard InChI is InChI=1S/C14H19ClN2O/c1-9-12-10(6-7-11(15)17-12)18-14(5,8-16-9)13(2,3)4/h6-7H,8H2,1-5H3/t14-/m0/s1. The van der Waals surface area contributed by atoms with Gasteiger partial charge in [0, 0.05) is 5.41 Å². The molecule has 1 aromatic rings. The number of ether oxygens (including phenoxy) is 1. The van der Waals surface area contributed by atoms with E-state index in [4.69, 9.17) is 16.3 Å². The van der Waals surface area contributed by atoms with Crippen molar-refractivity contribution >= 4 is 17.3 Å². The molecule has 0 fully saturated rings. The molecule has 1 aromatic heterocycles. The third-order valence-corrected chi connectivity index (χ3v) is 3.92. The smallest absolute Gasteiger partial charge is 0.147 e. The van der Waals surface area contributed by atoms with Crippen molar-refractivity contribution in [2.75, 3.05) is 6.54 Å². The summed E-state index contributed by atoms with van der Waals surface area (Å²) in [6.45, 7) is 11.1. The van der Waals surface area contributed by atoms with Gasteiger partial charge in [0.15, 0.2) is 0 Å². The Bertz CT molecular complexity index is 505. The minimum atomic E-state index is -0.352. The van der Waals surface area contributed by atoms with Crippen LogP contribution in [0, 0.1) is 5.41 Å². The van der Waals surface area contributed by atoms with Crippen molar-refractivity contribution in [3.8, 4) is 5.75 Å². The van der Waals surface area contributed by atoms with Gasteiger partial charge in [0.25, 0.3) is 0 Å². The highest BCUT2D eigenvalue weighted by molar-refractivity contribution is 6.29. The molecule has 0 aliphatic carbocycles. The molecule has 0 amide bonds. The van der Waals surface area contributed by atoms with Gasteiger partial charge in [-0.15, -0.1) is 0 Å². The third-order valence-electron chi connectivity index (χ3n) is 3.71. The second kappa shape index (κ2) is 4.23. The molecule has 0 bridgehead atoms. The fraction of sp³-hybridized carbons (Fsp3) is 0.571. The van der Waals surface area contributed by atoms with Gasteiger partial charge < -0.3 is 4.74 Å². The van der Waals surface area contributed by atoms with Gasteiger partial charge in [0.1, 0.15) is 22.2 Å². The highest BCUT2D eigenvalue weighted by atomic mass is 35.5. The lowest BCUT2D eigenvalue weighted by atomic mass is 9.77. The highest BCUT2D eigenvalue weighted by Gasteiger charge is 2.41. The summed E-state index contributed by atoms with van der Waals surface area (Å²) in [5.41, 5.74) is 1.25. The van der Waals surface area contributed by atoms with E-state index in [1.807, 2.05) is 13.0 Å². The van der Waals surface area contributed by atoms with Crippen LogP contribution in [0.4, 0.5) is 0 Å². The first-order valence-electron chi connectivity index (χ1n) is 6.10. The largest absolute Gasteiger partial charge is 0.483 e. The van der Waals surface area contributed by atoms with Crippen molar-refractivity contribution in [1.29, 1.82) is 0 Å². The summed E-state index contributed by atoms with van der Waals surface area (Å²) in [5, 5.41) is 0.464. The Kier molecular flexibility index (Phi) is 3.14. The Hall–Kier alpha value is -1.09. The monoisotopic (exact) mass is 266 g/mol. The fourth-order valence-corrected chi connectivity index (χ4v) is 1.92. The van der Waals surface area contributed by atoms with Crippen LogP contribution in [0.1, 0.15) is 40.3 Å². The van der Waals surface area contributed by atoms with E-state index in [2.05, 4.69) is 37.7 Å². The first kappa shape index (κ1) is 13.3. The van der Waals surface area contributed by atoms with E-state index in [0.29, 0.717) is 11.7 Å². The van der Waals surface area contributed by atoms with E-state index in [-0.39, 0.29) is 11.0 Å². The van der Waals surface area contributed by atoms with E-state index in [0.717, 1.165) is 17.2 Å². The Morgan fingerprint density at radius 3 is 2.61 bits per heavy atom. The average Bonchev–Trinajstić information content (AvgIpc) is 2.38. The molecule has 2 rings (SSSR count). The van der Waals surface area contributed by atoms with Crippen molar-refractivity contribution in [1.82, 2.24) is 4.98 Å². The van der Waals surface area contributed by atoms with Crippen LogP contribution < -0.4 is 4.74 Å². The number of rotatable bonds is 0. The van der Waals surface area contributed by atoms with Crippen LogP contribution in [-0.4, -0.2) is 22.8 Å². The molecule has 3 nitrogen and oxygen atoms in total. The number of hydrogen-bond donors (Lipinski definition) is 0. The van der Waals surface area contributed by atoms with Crippen LogP contribution in [-0.2, 0) is 0 Å². The van der Waals surface area contributed by atoms with Gasteiger partial charge in [0.05, 0.1) is 12.3 Å². The van der Waals surface area contributed by atoms with Crippen molar-refractivity contribution in [2.45, 2.75) is 40.2 Å². The van der Waals surface area contributed by atoms with Gasteiger partial charge in [-0.25, -0.2) is 4.98 Å². The molecule has 1 aliphatic heterocycles. The normalized spacial score (nSPS) is 23.8. The lowest BCUT2D eigenvalue weighted by molar-refractivity contribution is -0.00672. The van der Waals surface area contributed by atoms with Gasteiger partial charge in [-0.1, -0.05) is 32.4 Å². The van der Waals surface area contributed by atoms with E-state index < -0.39 is 0 Å². The first-order valence-corrected chi connectivity index (χ1v) is 6.48. The lowest BCUT2D eigenvalue weighted by Gasteiger charge is -2.40. The van der Waals surface area contributed by atoms with E-state index in [1.165, 1.54) is 0 Å². The molecule has 1 atom stereocenters. The summed E-state index contributed by atoms with van der Waals surface area (Å²) >= 11 is 5.93. The first-order chi connectivity index (χ1) is 8.23. The fourth-order valence-electron chi connectivity index (χ4n) is 1.77. The molecular weight excluding hydrogens is 248 g/mol. The van der Waals surface area contributed by atoms with Gasteiger partial charge in [-0.3, -0.25) is 4.99 Å². The topological polar surface area (TPSA) is 34.5 Å². The second-order valence-corrected chi connectivity index (χ2v) is 6.35. The summed E-state index contributed by atoms with van der Waals surface area (Å²) in [4.78, 5) is 8.91. The summed E-state index contributed by atoms with van der Waals surface area (Å²) in [6, 6.07) is 3.63. The van der Waals surface area contributed by atoms with Crippen LogP contribution >= 0.6 is 11.6 Å². The number of hydrogen-bond acceptors (Lipinski definition) is 3. The van der Waals surface area contributed by atoms with Crippen LogP contribution in [0.2, 0.25) is 5.15 Å². The van der Waals surface area contributed by atoms with Crippen LogP contribution in [0.25, 0.3) is 0 Å². The lowest BCUT2D eigenvalue weighted by Crippen LogP contribution is -2.47. The molecule has 1 aliphatic rings. The van der Waals surface area contributed by atoms with Gasteiger partial charge in [-0.2, -0.15) is 0 Å². The maximum Gasteiger partial charge on any atom is 0.147 e. The molecular formula is C14H19ClN2O. The minimum absolute atomic E-state index is 0.0158. The molecule has 0 saturated carbocycles. The highest BCUT2D eigenvalue weighted by Crippen LogP contribution is 2.38. The number of aliphatic imine (C=N–C) groups is 1. The molecule has 0 N–H and O–H groups in total. The summed E-state index contributed by atoms with van der Waals surface area (Å²) < 4.78 is 6.20. The summed E-state index contributed by atoms with van der Waals surface area (Å²) in [5.74, 6) is 0.760. The molecule has 98 valence electrons. The van der Waals surface area contributed by atoms with Crippen molar-refractivity contribution in [3.63, 3.8) is 0 Å². The maximum atomic E-state index is 6.20. The molecule has 0 saturated heterocycles.